The summed E-state index contributed by atoms with van der Waals surface area (Å²) in [4.78, 5) is 12.0. The third-order valence-corrected chi connectivity index (χ3v) is 3.32. The van der Waals surface area contributed by atoms with Crippen molar-refractivity contribution >= 4 is 11.7 Å². The van der Waals surface area contributed by atoms with E-state index in [9.17, 15) is 4.79 Å². The Hall–Kier alpha value is -2.50. The minimum atomic E-state index is -0.245. The van der Waals surface area contributed by atoms with Gasteiger partial charge < -0.3 is 15.4 Å². The van der Waals surface area contributed by atoms with E-state index in [0.29, 0.717) is 12.1 Å². The van der Waals surface area contributed by atoms with Crippen LogP contribution in [0.4, 0.5) is 10.5 Å². The number of nitrogens with one attached hydrogen (secondary N) is 3. The van der Waals surface area contributed by atoms with Gasteiger partial charge in [-0.3, -0.25) is 5.10 Å². The van der Waals surface area contributed by atoms with Crippen LogP contribution in [0.3, 0.4) is 0 Å². The average Bonchev–Trinajstić information content (AvgIpc) is 2.85. The number of hydrogen-bond acceptors (Lipinski definition) is 3. The summed E-state index contributed by atoms with van der Waals surface area (Å²) in [6, 6.07) is 7.27. The molecule has 22 heavy (non-hydrogen) atoms. The number of aromatic nitrogens is 2. The van der Waals surface area contributed by atoms with E-state index in [-0.39, 0.29) is 12.1 Å². The molecule has 0 aliphatic rings. The fraction of sp³-hybridized carbons (Fsp3) is 0.375. The standard InChI is InChI=1S/C16H22N4O2/c1-10-5-6-13(9-15(10)22-4)18-16(21)17-11(2)7-14-8-12(3)19-20-14/h5-6,8-9,11H,7H2,1-4H3,(H,19,20)(H2,17,18,21)/t11-/m0/s1. The number of benzene rings is 1. The zero-order chi connectivity index (χ0) is 16.1. The van der Waals surface area contributed by atoms with Crippen LogP contribution in [0.5, 0.6) is 5.75 Å². The fourth-order valence-corrected chi connectivity index (χ4v) is 2.23. The summed E-state index contributed by atoms with van der Waals surface area (Å²) in [7, 11) is 1.61. The van der Waals surface area contributed by atoms with E-state index in [1.54, 1.807) is 13.2 Å². The number of nitrogens with zero attached hydrogens (tertiary/aromatic N) is 1. The Labute approximate surface area is 130 Å². The molecular formula is C16H22N4O2. The van der Waals surface area contributed by atoms with Gasteiger partial charge in [0.15, 0.2) is 0 Å². The number of carbonyl (C=O) groups is 1. The SMILES string of the molecule is COc1cc(NC(=O)N[C@@H](C)Cc2cc(C)[nH]n2)ccc1C. The maximum Gasteiger partial charge on any atom is 0.319 e. The predicted molar refractivity (Wildman–Crippen MR) is 86.4 cm³/mol. The van der Waals surface area contributed by atoms with Gasteiger partial charge in [0.25, 0.3) is 0 Å². The molecule has 1 atom stereocenters. The van der Waals surface area contributed by atoms with Crippen molar-refractivity contribution in [1.82, 2.24) is 15.5 Å². The van der Waals surface area contributed by atoms with Crippen LogP contribution in [0.25, 0.3) is 0 Å². The number of urea groups is 1. The molecule has 1 heterocycles. The highest BCUT2D eigenvalue weighted by Crippen LogP contribution is 2.21. The topological polar surface area (TPSA) is 79.0 Å². The van der Waals surface area contributed by atoms with Crippen LogP contribution >= 0.6 is 0 Å². The van der Waals surface area contributed by atoms with Gasteiger partial charge in [0, 0.05) is 29.9 Å². The van der Waals surface area contributed by atoms with Crippen molar-refractivity contribution in [3.8, 4) is 5.75 Å². The maximum absolute atomic E-state index is 12.0. The van der Waals surface area contributed by atoms with E-state index in [2.05, 4.69) is 20.8 Å². The molecule has 0 bridgehead atoms. The summed E-state index contributed by atoms with van der Waals surface area (Å²) >= 11 is 0. The summed E-state index contributed by atoms with van der Waals surface area (Å²) in [5.41, 5.74) is 3.67. The van der Waals surface area contributed by atoms with Gasteiger partial charge in [0.2, 0.25) is 0 Å². The normalized spacial score (nSPS) is 11.8. The van der Waals surface area contributed by atoms with Crippen molar-refractivity contribution in [3.63, 3.8) is 0 Å². The summed E-state index contributed by atoms with van der Waals surface area (Å²) in [5, 5.41) is 12.8. The Morgan fingerprint density at radius 2 is 2.14 bits per heavy atom. The number of ether oxygens (including phenoxy) is 1. The van der Waals surface area contributed by atoms with Gasteiger partial charge >= 0.3 is 6.03 Å². The second-order valence-corrected chi connectivity index (χ2v) is 5.43. The first kappa shape index (κ1) is 15.9. The second-order valence-electron chi connectivity index (χ2n) is 5.43. The van der Waals surface area contributed by atoms with Gasteiger partial charge in [-0.1, -0.05) is 6.07 Å². The highest BCUT2D eigenvalue weighted by atomic mass is 16.5. The molecule has 1 aromatic carbocycles. The number of hydrogen-bond donors (Lipinski definition) is 3. The second kappa shape index (κ2) is 6.98. The molecule has 0 aliphatic heterocycles. The van der Waals surface area contributed by atoms with Crippen molar-refractivity contribution in [3.05, 3.63) is 41.2 Å². The first-order chi connectivity index (χ1) is 10.5. The third kappa shape index (κ3) is 4.25. The molecule has 2 aromatic rings. The number of carbonyl (C=O) groups excluding carboxylic acids is 1. The smallest absolute Gasteiger partial charge is 0.319 e. The Kier molecular flexibility index (Phi) is 5.04. The van der Waals surface area contributed by atoms with E-state index in [1.165, 1.54) is 0 Å². The summed E-state index contributed by atoms with van der Waals surface area (Å²) in [6.07, 6.45) is 0.676. The van der Waals surface area contributed by atoms with Gasteiger partial charge in [-0.25, -0.2) is 4.79 Å². The molecule has 0 fully saturated rings. The minimum absolute atomic E-state index is 0.0185. The molecule has 118 valence electrons. The van der Waals surface area contributed by atoms with Crippen LogP contribution in [-0.4, -0.2) is 29.4 Å². The molecule has 2 amide bonds. The number of H-pyrrole nitrogens is 1. The van der Waals surface area contributed by atoms with Crippen LogP contribution < -0.4 is 15.4 Å². The highest BCUT2D eigenvalue weighted by molar-refractivity contribution is 5.89. The molecule has 6 nitrogen and oxygen atoms in total. The van der Waals surface area contributed by atoms with Gasteiger partial charge in [0.05, 0.1) is 12.8 Å². The van der Waals surface area contributed by atoms with Crippen molar-refractivity contribution in [2.24, 2.45) is 0 Å². The number of amides is 2. The van der Waals surface area contributed by atoms with Crippen LogP contribution in [0.2, 0.25) is 0 Å². The molecule has 1 aromatic heterocycles. The monoisotopic (exact) mass is 302 g/mol. The lowest BCUT2D eigenvalue weighted by Crippen LogP contribution is -2.37. The highest BCUT2D eigenvalue weighted by Gasteiger charge is 2.10. The number of anilines is 1. The van der Waals surface area contributed by atoms with Crippen LogP contribution in [0.1, 0.15) is 23.9 Å². The molecular weight excluding hydrogens is 280 g/mol. The number of methoxy groups -OCH3 is 1. The average molecular weight is 302 g/mol. The maximum atomic E-state index is 12.0. The van der Waals surface area contributed by atoms with Crippen molar-refractivity contribution < 1.29 is 9.53 Å². The Morgan fingerprint density at radius 1 is 1.36 bits per heavy atom. The number of rotatable bonds is 5. The lowest BCUT2D eigenvalue weighted by Gasteiger charge is -2.14. The zero-order valence-corrected chi connectivity index (χ0v) is 13.4. The molecule has 0 saturated carbocycles. The molecule has 3 N–H and O–H groups in total. The van der Waals surface area contributed by atoms with Crippen molar-refractivity contribution in [2.45, 2.75) is 33.2 Å². The van der Waals surface area contributed by atoms with Gasteiger partial charge in [-0.2, -0.15) is 5.10 Å². The molecule has 0 unspecified atom stereocenters. The van der Waals surface area contributed by atoms with E-state index < -0.39 is 0 Å². The largest absolute Gasteiger partial charge is 0.496 e. The van der Waals surface area contributed by atoms with Crippen LogP contribution in [-0.2, 0) is 6.42 Å². The predicted octanol–water partition coefficient (Wildman–Crippen LogP) is 2.79. The van der Waals surface area contributed by atoms with E-state index in [0.717, 1.165) is 22.7 Å². The Morgan fingerprint density at radius 3 is 2.77 bits per heavy atom. The van der Waals surface area contributed by atoms with Crippen LogP contribution in [0.15, 0.2) is 24.3 Å². The lowest BCUT2D eigenvalue weighted by atomic mass is 10.2. The molecule has 0 spiro atoms. The van der Waals surface area contributed by atoms with E-state index >= 15 is 0 Å². The first-order valence-corrected chi connectivity index (χ1v) is 7.21. The molecule has 0 aliphatic carbocycles. The van der Waals surface area contributed by atoms with E-state index in [4.69, 9.17) is 4.74 Å². The quantitative estimate of drug-likeness (QED) is 0.794. The van der Waals surface area contributed by atoms with Crippen LogP contribution in [0, 0.1) is 13.8 Å². The van der Waals surface area contributed by atoms with E-state index in [1.807, 2.05) is 39.0 Å². The Bertz CT molecular complexity index is 651. The molecule has 6 heteroatoms. The summed E-state index contributed by atoms with van der Waals surface area (Å²) in [5.74, 6) is 0.748. The molecule has 0 saturated heterocycles. The zero-order valence-electron chi connectivity index (χ0n) is 13.4. The van der Waals surface area contributed by atoms with Gasteiger partial charge in [0.1, 0.15) is 5.75 Å². The lowest BCUT2D eigenvalue weighted by molar-refractivity contribution is 0.249. The number of aryl methyl sites for hydroxylation is 2. The fourth-order valence-electron chi connectivity index (χ4n) is 2.23. The summed E-state index contributed by atoms with van der Waals surface area (Å²) in [6.45, 7) is 5.85. The van der Waals surface area contributed by atoms with Crippen molar-refractivity contribution in [2.75, 3.05) is 12.4 Å². The van der Waals surface area contributed by atoms with Gasteiger partial charge in [-0.15, -0.1) is 0 Å². The number of aromatic amines is 1. The molecule has 0 radical (unpaired) electrons. The summed E-state index contributed by atoms with van der Waals surface area (Å²) < 4.78 is 5.25. The minimum Gasteiger partial charge on any atom is -0.496 e. The first-order valence-electron chi connectivity index (χ1n) is 7.21. The third-order valence-electron chi connectivity index (χ3n) is 3.32. The Balaban J connectivity index is 1.89. The molecule has 2 rings (SSSR count). The van der Waals surface area contributed by atoms with Gasteiger partial charge in [-0.05, 0) is 38.5 Å². The van der Waals surface area contributed by atoms with Crippen molar-refractivity contribution in [1.29, 1.82) is 0 Å².